The first-order valence-electron chi connectivity index (χ1n) is 8.89. The van der Waals surface area contributed by atoms with Gasteiger partial charge in [-0.25, -0.2) is 8.42 Å². The first-order valence-corrected chi connectivity index (χ1v) is 10.3. The Morgan fingerprint density at radius 1 is 1.16 bits per heavy atom. The minimum atomic E-state index is -3.36. The topological polar surface area (TPSA) is 75.7 Å². The van der Waals surface area contributed by atoms with E-state index in [0.717, 1.165) is 31.2 Å². The lowest BCUT2D eigenvalue weighted by molar-refractivity contribution is -0.121. The van der Waals surface area contributed by atoms with E-state index >= 15 is 0 Å². The summed E-state index contributed by atoms with van der Waals surface area (Å²) < 4.78 is 31.4. The molecule has 25 heavy (non-hydrogen) atoms. The predicted octanol–water partition coefficient (Wildman–Crippen LogP) is 1.95. The van der Waals surface area contributed by atoms with E-state index in [-0.39, 0.29) is 5.91 Å². The van der Waals surface area contributed by atoms with Crippen molar-refractivity contribution in [3.63, 3.8) is 0 Å². The van der Waals surface area contributed by atoms with Gasteiger partial charge < -0.3 is 10.1 Å². The van der Waals surface area contributed by atoms with Gasteiger partial charge in [0.05, 0.1) is 4.90 Å². The lowest BCUT2D eigenvalue weighted by Gasteiger charge is -2.15. The molecule has 1 aliphatic heterocycles. The van der Waals surface area contributed by atoms with Crippen LogP contribution in [0.1, 0.15) is 37.7 Å². The largest absolute Gasteiger partial charge is 0.385 e. The molecule has 7 heteroatoms. The first-order chi connectivity index (χ1) is 12.0. The Balaban J connectivity index is 1.77. The number of nitrogens with zero attached hydrogens (tertiary/aromatic N) is 1. The highest BCUT2D eigenvalue weighted by Crippen LogP contribution is 2.21. The second-order valence-electron chi connectivity index (χ2n) is 6.31. The van der Waals surface area contributed by atoms with Gasteiger partial charge in [-0.2, -0.15) is 4.31 Å². The van der Waals surface area contributed by atoms with Crippen molar-refractivity contribution in [2.75, 3.05) is 33.4 Å². The molecule has 0 saturated carbocycles. The van der Waals surface area contributed by atoms with Crippen LogP contribution in [0.15, 0.2) is 29.2 Å². The number of methoxy groups -OCH3 is 1. The van der Waals surface area contributed by atoms with Crippen molar-refractivity contribution in [2.45, 2.75) is 43.4 Å². The Labute approximate surface area is 150 Å². The molecular weight excluding hydrogens is 340 g/mol. The molecule has 0 atom stereocenters. The van der Waals surface area contributed by atoms with Crippen LogP contribution in [0.3, 0.4) is 0 Å². The molecule has 0 unspecified atom stereocenters. The van der Waals surface area contributed by atoms with Gasteiger partial charge in [-0.15, -0.1) is 0 Å². The third kappa shape index (κ3) is 6.09. The van der Waals surface area contributed by atoms with Crippen LogP contribution < -0.4 is 5.32 Å². The smallest absolute Gasteiger partial charge is 0.243 e. The summed E-state index contributed by atoms with van der Waals surface area (Å²) in [5.41, 5.74) is 0.968. The molecule has 1 amide bonds. The van der Waals surface area contributed by atoms with Gasteiger partial charge in [-0.3, -0.25) is 4.79 Å². The number of ether oxygens (including phenoxy) is 1. The van der Waals surface area contributed by atoms with Crippen molar-refractivity contribution in [1.29, 1.82) is 0 Å². The van der Waals surface area contributed by atoms with Crippen molar-refractivity contribution < 1.29 is 17.9 Å². The fourth-order valence-electron chi connectivity index (χ4n) is 2.85. The van der Waals surface area contributed by atoms with Gasteiger partial charge >= 0.3 is 0 Å². The molecule has 0 radical (unpaired) electrons. The Morgan fingerprint density at radius 3 is 2.48 bits per heavy atom. The summed E-state index contributed by atoms with van der Waals surface area (Å²) in [6.07, 6.45) is 4.71. The van der Waals surface area contributed by atoms with Gasteiger partial charge in [0.25, 0.3) is 0 Å². The summed E-state index contributed by atoms with van der Waals surface area (Å²) >= 11 is 0. The third-order valence-electron chi connectivity index (χ3n) is 4.36. The zero-order valence-electron chi connectivity index (χ0n) is 14.9. The Bertz CT molecular complexity index is 638. The van der Waals surface area contributed by atoms with Crippen LogP contribution in [0.2, 0.25) is 0 Å². The fraction of sp³-hybridized carbons (Fsp3) is 0.611. The molecule has 6 nitrogen and oxygen atoms in total. The third-order valence-corrected chi connectivity index (χ3v) is 6.28. The maximum atomic E-state index is 12.5. The second-order valence-corrected chi connectivity index (χ2v) is 8.24. The predicted molar refractivity (Wildman–Crippen MR) is 96.9 cm³/mol. The highest BCUT2D eigenvalue weighted by molar-refractivity contribution is 7.89. The van der Waals surface area contributed by atoms with Crippen molar-refractivity contribution >= 4 is 15.9 Å². The highest BCUT2D eigenvalue weighted by atomic mass is 32.2. The van der Waals surface area contributed by atoms with E-state index in [1.54, 1.807) is 35.7 Å². The van der Waals surface area contributed by atoms with E-state index in [4.69, 9.17) is 4.74 Å². The fourth-order valence-corrected chi connectivity index (χ4v) is 4.37. The van der Waals surface area contributed by atoms with Gasteiger partial charge in [0.2, 0.25) is 15.9 Å². The molecule has 0 aromatic heterocycles. The van der Waals surface area contributed by atoms with Crippen molar-refractivity contribution in [3.8, 4) is 0 Å². The SMILES string of the molecule is COCCCCNC(=O)CCc1ccc(S(=O)(=O)N2CCCC2)cc1. The normalized spacial score (nSPS) is 15.4. The van der Waals surface area contributed by atoms with Gasteiger partial charge in [-0.05, 0) is 49.8 Å². The Hall–Kier alpha value is -1.44. The molecule has 1 aliphatic rings. The maximum Gasteiger partial charge on any atom is 0.243 e. The number of unbranched alkanes of at least 4 members (excludes halogenated alkanes) is 1. The Morgan fingerprint density at radius 2 is 1.84 bits per heavy atom. The summed E-state index contributed by atoms with van der Waals surface area (Å²) in [6.45, 7) is 2.58. The van der Waals surface area contributed by atoms with Gasteiger partial charge in [-0.1, -0.05) is 12.1 Å². The molecule has 1 heterocycles. The van der Waals surface area contributed by atoms with Gasteiger partial charge in [0, 0.05) is 39.8 Å². The lowest BCUT2D eigenvalue weighted by atomic mass is 10.1. The summed E-state index contributed by atoms with van der Waals surface area (Å²) in [6, 6.07) is 6.89. The number of sulfonamides is 1. The van der Waals surface area contributed by atoms with Crippen LogP contribution in [-0.2, 0) is 26.0 Å². The summed E-state index contributed by atoms with van der Waals surface area (Å²) in [4.78, 5) is 12.1. The van der Waals surface area contributed by atoms with Gasteiger partial charge in [0.1, 0.15) is 0 Å². The van der Waals surface area contributed by atoms with Crippen molar-refractivity contribution in [3.05, 3.63) is 29.8 Å². The monoisotopic (exact) mass is 368 g/mol. The summed E-state index contributed by atoms with van der Waals surface area (Å²) in [5, 5.41) is 2.89. The van der Waals surface area contributed by atoms with Crippen LogP contribution in [0.4, 0.5) is 0 Å². The van der Waals surface area contributed by atoms with Crippen LogP contribution in [0.25, 0.3) is 0 Å². The minimum absolute atomic E-state index is 0.0196. The number of amides is 1. The van der Waals surface area contributed by atoms with E-state index in [1.807, 2.05) is 0 Å². The molecule has 1 N–H and O–H groups in total. The molecule has 0 bridgehead atoms. The zero-order valence-corrected chi connectivity index (χ0v) is 15.7. The molecule has 2 rings (SSSR count). The number of carbonyl (C=O) groups is 1. The molecule has 1 fully saturated rings. The average Bonchev–Trinajstić information content (AvgIpc) is 3.16. The van der Waals surface area contributed by atoms with E-state index in [2.05, 4.69) is 5.32 Å². The number of hydrogen-bond acceptors (Lipinski definition) is 4. The molecule has 0 spiro atoms. The van der Waals surface area contributed by atoms with Crippen LogP contribution in [0, 0.1) is 0 Å². The minimum Gasteiger partial charge on any atom is -0.385 e. The number of benzene rings is 1. The number of hydrogen-bond donors (Lipinski definition) is 1. The zero-order chi connectivity index (χ0) is 18.1. The quantitative estimate of drug-likeness (QED) is 0.641. The average molecular weight is 368 g/mol. The molecular formula is C18H28N2O4S. The second kappa shape index (κ2) is 9.89. The number of nitrogens with one attached hydrogen (secondary N) is 1. The maximum absolute atomic E-state index is 12.5. The van der Waals surface area contributed by atoms with E-state index in [1.165, 1.54) is 0 Å². The van der Waals surface area contributed by atoms with E-state index < -0.39 is 10.0 Å². The summed E-state index contributed by atoms with van der Waals surface area (Å²) in [7, 11) is -1.70. The summed E-state index contributed by atoms with van der Waals surface area (Å²) in [5.74, 6) is 0.0196. The van der Waals surface area contributed by atoms with Gasteiger partial charge in [0.15, 0.2) is 0 Å². The molecule has 140 valence electrons. The van der Waals surface area contributed by atoms with Crippen LogP contribution in [0.5, 0.6) is 0 Å². The van der Waals surface area contributed by atoms with Crippen molar-refractivity contribution in [1.82, 2.24) is 9.62 Å². The number of aryl methyl sites for hydroxylation is 1. The van der Waals surface area contributed by atoms with E-state index in [0.29, 0.717) is 44.0 Å². The number of rotatable bonds is 10. The van der Waals surface area contributed by atoms with E-state index in [9.17, 15) is 13.2 Å². The molecule has 1 aromatic carbocycles. The first kappa shape index (κ1) is 19.9. The lowest BCUT2D eigenvalue weighted by Crippen LogP contribution is -2.27. The molecule has 1 aromatic rings. The Kier molecular flexibility index (Phi) is 7.87. The van der Waals surface area contributed by atoms with Crippen LogP contribution in [-0.4, -0.2) is 52.0 Å². The standard InChI is InChI=1S/C18H28N2O4S/c1-24-15-5-2-12-19-18(21)11-8-16-6-9-17(10-7-16)25(22,23)20-13-3-4-14-20/h6-7,9-10H,2-5,8,11-15H2,1H3,(H,19,21). The molecule has 0 aliphatic carbocycles. The number of carbonyl (C=O) groups excluding carboxylic acids is 1. The van der Waals surface area contributed by atoms with Crippen molar-refractivity contribution in [2.24, 2.45) is 0 Å². The van der Waals surface area contributed by atoms with Crippen LogP contribution >= 0.6 is 0 Å². The highest BCUT2D eigenvalue weighted by Gasteiger charge is 2.26. The molecule has 1 saturated heterocycles.